The van der Waals surface area contributed by atoms with Gasteiger partial charge in [-0.05, 0) is 44.7 Å². The van der Waals surface area contributed by atoms with Gasteiger partial charge in [-0.1, -0.05) is 35.9 Å². The van der Waals surface area contributed by atoms with Crippen LogP contribution in [0.3, 0.4) is 0 Å². The Balaban J connectivity index is 0.000000426. The number of rotatable bonds is 2. The Bertz CT molecular complexity index is 1390. The molecule has 200 valence electrons. The highest BCUT2D eigenvalue weighted by molar-refractivity contribution is 5.92. The van der Waals surface area contributed by atoms with E-state index in [1.54, 1.807) is 16.8 Å². The number of aryl methyl sites for hydroxylation is 2. The number of halogens is 3. The van der Waals surface area contributed by atoms with Crippen molar-refractivity contribution in [2.45, 2.75) is 51.2 Å². The molecule has 0 unspecified atom stereocenters. The fourth-order valence-electron chi connectivity index (χ4n) is 4.72. The number of pyridine rings is 1. The van der Waals surface area contributed by atoms with Crippen LogP contribution >= 0.6 is 0 Å². The Kier molecular flexibility index (Phi) is 7.34. The van der Waals surface area contributed by atoms with Gasteiger partial charge in [-0.3, -0.25) is 19.1 Å². The lowest BCUT2D eigenvalue weighted by molar-refractivity contribution is -0.192. The fourth-order valence-corrected chi connectivity index (χ4v) is 4.72. The molecule has 1 spiro atoms. The van der Waals surface area contributed by atoms with Crippen LogP contribution in [0.5, 0.6) is 0 Å². The van der Waals surface area contributed by atoms with E-state index in [-0.39, 0.29) is 16.9 Å². The summed E-state index contributed by atoms with van der Waals surface area (Å²) in [6.07, 6.45) is -0.941. The van der Waals surface area contributed by atoms with E-state index in [0.29, 0.717) is 31.0 Å². The van der Waals surface area contributed by atoms with Gasteiger partial charge in [-0.2, -0.15) is 13.2 Å². The van der Waals surface area contributed by atoms with Gasteiger partial charge in [0, 0.05) is 36.8 Å². The number of hydrogen-bond acceptors (Lipinski definition) is 6. The molecular formula is C26H26F3N5O4. The van der Waals surface area contributed by atoms with Crippen molar-refractivity contribution in [1.29, 1.82) is 0 Å². The molecule has 12 heteroatoms. The van der Waals surface area contributed by atoms with Crippen LogP contribution in [-0.2, 0) is 16.8 Å². The standard InChI is InChI=1S/C24H25N5O2.C2HF3O2/c1-16-3-6-18(7-4-16)20-22(31)29-14-11-24(23(29)27-26-20)9-12-28(13-10-24)21(30)19-8-5-17(2)15-25-19;3-2(4,5)1(6)7/h3-8,15H,9-14H2,1-2H3;(H,6,7). The SMILES string of the molecule is Cc1ccc(-c2nnc3n(c2=O)CCC32CCN(C(=O)c3ccc(C)cn3)CC2)cc1.O=C(O)C(F)(F)F. The van der Waals surface area contributed by atoms with Gasteiger partial charge in [-0.25, -0.2) is 4.79 Å². The number of likely N-dealkylation sites (tertiary alicyclic amines) is 1. The van der Waals surface area contributed by atoms with Gasteiger partial charge < -0.3 is 10.0 Å². The van der Waals surface area contributed by atoms with Crippen molar-refractivity contribution < 1.29 is 27.9 Å². The Morgan fingerprint density at radius 2 is 1.50 bits per heavy atom. The molecule has 0 atom stereocenters. The van der Waals surface area contributed by atoms with Crippen molar-refractivity contribution in [2.75, 3.05) is 13.1 Å². The number of carbonyl (C=O) groups is 2. The zero-order chi connectivity index (χ0) is 27.7. The molecule has 1 aromatic carbocycles. The van der Waals surface area contributed by atoms with E-state index in [2.05, 4.69) is 15.2 Å². The Morgan fingerprint density at radius 1 is 0.921 bits per heavy atom. The smallest absolute Gasteiger partial charge is 0.475 e. The highest BCUT2D eigenvalue weighted by atomic mass is 19.4. The first kappa shape index (κ1) is 27.0. The molecule has 1 N–H and O–H groups in total. The first-order valence-electron chi connectivity index (χ1n) is 12.0. The largest absolute Gasteiger partial charge is 0.490 e. The van der Waals surface area contributed by atoms with E-state index >= 15 is 0 Å². The molecular weight excluding hydrogens is 503 g/mol. The third-order valence-corrected chi connectivity index (χ3v) is 6.94. The molecule has 0 bridgehead atoms. The number of carboxylic acids is 1. The van der Waals surface area contributed by atoms with Crippen LogP contribution in [0.2, 0.25) is 0 Å². The maximum Gasteiger partial charge on any atom is 0.490 e. The van der Waals surface area contributed by atoms with Crippen LogP contribution in [0, 0.1) is 13.8 Å². The monoisotopic (exact) mass is 529 g/mol. The zero-order valence-corrected chi connectivity index (χ0v) is 20.8. The third kappa shape index (κ3) is 5.43. The van der Waals surface area contributed by atoms with Gasteiger partial charge in [-0.15, -0.1) is 10.2 Å². The van der Waals surface area contributed by atoms with Crippen LogP contribution in [0.25, 0.3) is 11.3 Å². The van der Waals surface area contributed by atoms with Gasteiger partial charge >= 0.3 is 12.1 Å². The predicted octanol–water partition coefficient (Wildman–Crippen LogP) is 3.53. The number of piperidine rings is 1. The molecule has 0 radical (unpaired) electrons. The van der Waals surface area contributed by atoms with E-state index < -0.39 is 12.1 Å². The normalized spacial score (nSPS) is 16.0. The maximum absolute atomic E-state index is 13.1. The van der Waals surface area contributed by atoms with Crippen LogP contribution in [0.4, 0.5) is 13.2 Å². The molecule has 2 aromatic heterocycles. The van der Waals surface area contributed by atoms with E-state index in [1.165, 1.54) is 0 Å². The number of hydrogen-bond donors (Lipinski definition) is 1. The number of aliphatic carboxylic acids is 1. The summed E-state index contributed by atoms with van der Waals surface area (Å²) in [5.74, 6) is -2.02. The topological polar surface area (TPSA) is 118 Å². The lowest BCUT2D eigenvalue weighted by atomic mass is 9.76. The van der Waals surface area contributed by atoms with Gasteiger partial charge in [0.1, 0.15) is 11.5 Å². The van der Waals surface area contributed by atoms with Crippen molar-refractivity contribution in [1.82, 2.24) is 24.6 Å². The van der Waals surface area contributed by atoms with E-state index in [0.717, 1.165) is 41.8 Å². The second kappa shape index (κ2) is 10.3. The third-order valence-electron chi connectivity index (χ3n) is 6.94. The molecule has 2 aliphatic heterocycles. The first-order chi connectivity index (χ1) is 17.9. The van der Waals surface area contributed by atoms with Gasteiger partial charge in [0.05, 0.1) is 0 Å². The van der Waals surface area contributed by atoms with Gasteiger partial charge in [0.2, 0.25) is 0 Å². The second-order valence-corrected chi connectivity index (χ2v) is 9.54. The summed E-state index contributed by atoms with van der Waals surface area (Å²) in [6.45, 7) is 5.88. The molecule has 0 aliphatic carbocycles. The predicted molar refractivity (Wildman–Crippen MR) is 131 cm³/mol. The molecule has 3 aromatic rings. The second-order valence-electron chi connectivity index (χ2n) is 9.54. The minimum atomic E-state index is -5.08. The highest BCUT2D eigenvalue weighted by Gasteiger charge is 2.45. The minimum absolute atomic E-state index is 0.0361. The van der Waals surface area contributed by atoms with E-state index in [1.807, 2.05) is 49.1 Å². The van der Waals surface area contributed by atoms with Crippen molar-refractivity contribution in [3.05, 3.63) is 75.6 Å². The number of benzene rings is 1. The number of amides is 1. The molecule has 4 heterocycles. The number of alkyl halides is 3. The quantitative estimate of drug-likeness (QED) is 0.540. The van der Waals surface area contributed by atoms with Crippen molar-refractivity contribution >= 4 is 11.9 Å². The molecule has 2 aliphatic rings. The first-order valence-corrected chi connectivity index (χ1v) is 12.0. The van der Waals surface area contributed by atoms with Crippen molar-refractivity contribution in [2.24, 2.45) is 0 Å². The average molecular weight is 530 g/mol. The Morgan fingerprint density at radius 3 is 2.05 bits per heavy atom. The molecule has 1 saturated heterocycles. The number of nitrogens with zero attached hydrogens (tertiary/aromatic N) is 5. The average Bonchev–Trinajstić information content (AvgIpc) is 3.24. The molecule has 9 nitrogen and oxygen atoms in total. The number of aromatic nitrogens is 4. The minimum Gasteiger partial charge on any atom is -0.475 e. The Hall–Kier alpha value is -4.09. The lowest BCUT2D eigenvalue weighted by Crippen LogP contribution is -2.45. The van der Waals surface area contributed by atoms with Crippen LogP contribution in [0.1, 0.15) is 46.7 Å². The van der Waals surface area contributed by atoms with E-state index in [9.17, 15) is 22.8 Å². The number of carboxylic acid groups (broad SMARTS) is 1. The van der Waals surface area contributed by atoms with Crippen LogP contribution in [-0.4, -0.2) is 60.9 Å². The summed E-state index contributed by atoms with van der Waals surface area (Å²) >= 11 is 0. The summed E-state index contributed by atoms with van der Waals surface area (Å²) in [5.41, 5.74) is 3.59. The molecule has 1 fully saturated rings. The molecule has 0 saturated carbocycles. The zero-order valence-electron chi connectivity index (χ0n) is 20.8. The van der Waals surface area contributed by atoms with Crippen molar-refractivity contribution in [3.8, 4) is 11.3 Å². The lowest BCUT2D eigenvalue weighted by Gasteiger charge is -2.38. The Labute approximate surface area is 216 Å². The van der Waals surface area contributed by atoms with Gasteiger partial charge in [0.15, 0.2) is 5.69 Å². The summed E-state index contributed by atoms with van der Waals surface area (Å²) < 4.78 is 33.5. The molecule has 5 rings (SSSR count). The number of fused-ring (bicyclic) bond motifs is 2. The molecule has 38 heavy (non-hydrogen) atoms. The summed E-state index contributed by atoms with van der Waals surface area (Å²) in [7, 11) is 0. The van der Waals surface area contributed by atoms with E-state index in [4.69, 9.17) is 9.90 Å². The van der Waals surface area contributed by atoms with Crippen molar-refractivity contribution in [3.63, 3.8) is 0 Å². The van der Waals surface area contributed by atoms with Crippen LogP contribution in [0.15, 0.2) is 47.4 Å². The van der Waals surface area contributed by atoms with Crippen LogP contribution < -0.4 is 5.56 Å². The fraction of sp³-hybridized carbons (Fsp3) is 0.385. The summed E-state index contributed by atoms with van der Waals surface area (Å²) in [6, 6.07) is 11.5. The number of carbonyl (C=O) groups excluding carboxylic acids is 1. The summed E-state index contributed by atoms with van der Waals surface area (Å²) in [4.78, 5) is 41.0. The van der Waals surface area contributed by atoms with Gasteiger partial charge in [0.25, 0.3) is 11.5 Å². The highest BCUT2D eigenvalue weighted by Crippen LogP contribution is 2.41. The maximum atomic E-state index is 13.1. The summed E-state index contributed by atoms with van der Waals surface area (Å²) in [5, 5.41) is 16.0. The molecule has 1 amide bonds.